The summed E-state index contributed by atoms with van der Waals surface area (Å²) in [6.45, 7) is 3.12. The van der Waals surface area contributed by atoms with Crippen LogP contribution in [0, 0.1) is 0 Å². The second-order valence-electron chi connectivity index (χ2n) is 1.73. The zero-order chi connectivity index (χ0) is 5.70. The first-order valence-corrected chi connectivity index (χ1v) is 3.30. The summed E-state index contributed by atoms with van der Waals surface area (Å²) in [7, 11) is 0. The van der Waals surface area contributed by atoms with Crippen LogP contribution in [0.25, 0.3) is 0 Å². The number of halogens is 1. The number of hydrogen-bond acceptors (Lipinski definition) is 1. The van der Waals surface area contributed by atoms with Gasteiger partial charge in [-0.1, -0.05) is 13.3 Å². The quantitative estimate of drug-likeness (QED) is 0.417. The minimum atomic E-state index is 0. The van der Waals surface area contributed by atoms with E-state index in [-0.39, 0.29) is 12.4 Å². The van der Waals surface area contributed by atoms with E-state index in [1.54, 1.807) is 0 Å². The molecule has 0 spiro atoms. The maximum absolute atomic E-state index is 4.25. The average Bonchev–Trinajstić information content (AvgIpc) is 1.68. The lowest BCUT2D eigenvalue weighted by molar-refractivity contribution is -0.366. The fourth-order valence-corrected chi connectivity index (χ4v) is 0.736. The smallest absolute Gasteiger partial charge is 0.0857 e. The van der Waals surface area contributed by atoms with E-state index >= 15 is 0 Å². The minimum Gasteiger partial charge on any atom is -1.00 e. The Morgan fingerprint density at radius 2 is 2.12 bits per heavy atom. The molecule has 3 heteroatoms. The summed E-state index contributed by atoms with van der Waals surface area (Å²) in [6.07, 6.45) is 2.43. The van der Waals surface area contributed by atoms with Crippen LogP contribution in [-0.2, 0) is 0 Å². The van der Waals surface area contributed by atoms with Crippen LogP contribution < -0.4 is 18.1 Å². The molecule has 0 fully saturated rings. The highest BCUT2D eigenvalue weighted by Crippen LogP contribution is 1.99. The molecule has 0 saturated carbocycles. The molecule has 3 N–H and O–H groups in total. The monoisotopic (exact) mass is 155 g/mol. The molecule has 0 rings (SSSR count). The molecule has 0 aliphatic rings. The van der Waals surface area contributed by atoms with E-state index in [4.69, 9.17) is 0 Å². The van der Waals surface area contributed by atoms with Gasteiger partial charge in [0.1, 0.15) is 0 Å². The summed E-state index contributed by atoms with van der Waals surface area (Å²) in [5, 5.41) is 0.532. The lowest BCUT2D eigenvalue weighted by Crippen LogP contribution is -3.00. The number of quaternary nitrogens is 1. The van der Waals surface area contributed by atoms with Crippen LogP contribution in [0.4, 0.5) is 0 Å². The van der Waals surface area contributed by atoms with Crippen molar-refractivity contribution in [2.45, 2.75) is 25.0 Å². The van der Waals surface area contributed by atoms with E-state index < -0.39 is 0 Å². The van der Waals surface area contributed by atoms with Crippen LogP contribution in [-0.4, -0.2) is 11.8 Å². The molecular formula is C5H14ClNS. The highest BCUT2D eigenvalue weighted by atomic mass is 35.5. The van der Waals surface area contributed by atoms with Gasteiger partial charge in [-0.25, -0.2) is 0 Å². The Hall–Kier alpha value is 0.600. The molecule has 0 unspecified atom stereocenters. The summed E-state index contributed by atoms with van der Waals surface area (Å²) in [6, 6.07) is 0. The third-order valence-electron chi connectivity index (χ3n) is 0.955. The first-order valence-electron chi connectivity index (χ1n) is 2.78. The summed E-state index contributed by atoms with van der Waals surface area (Å²) in [5.74, 6) is 0. The second-order valence-corrected chi connectivity index (χ2v) is 2.46. The molecule has 8 heavy (non-hydrogen) atoms. The van der Waals surface area contributed by atoms with Crippen molar-refractivity contribution in [1.29, 1.82) is 0 Å². The summed E-state index contributed by atoms with van der Waals surface area (Å²) in [5.41, 5.74) is 3.73. The Balaban J connectivity index is 0. The van der Waals surface area contributed by atoms with Gasteiger partial charge in [-0.05, 0) is 6.42 Å². The minimum absolute atomic E-state index is 0. The van der Waals surface area contributed by atoms with Crippen molar-refractivity contribution in [2.24, 2.45) is 0 Å². The molecule has 0 aliphatic heterocycles. The van der Waals surface area contributed by atoms with Gasteiger partial charge in [0.25, 0.3) is 0 Å². The maximum atomic E-state index is 4.25. The van der Waals surface area contributed by atoms with Crippen molar-refractivity contribution < 1.29 is 18.1 Å². The van der Waals surface area contributed by atoms with Crippen LogP contribution in [0.3, 0.4) is 0 Å². The second kappa shape index (κ2) is 7.60. The van der Waals surface area contributed by atoms with Crippen molar-refractivity contribution in [3.05, 3.63) is 0 Å². The predicted octanol–water partition coefficient (Wildman–Crippen LogP) is -2.67. The summed E-state index contributed by atoms with van der Waals surface area (Å²) >= 11 is 4.25. The molecule has 0 bridgehead atoms. The van der Waals surface area contributed by atoms with E-state index in [0.29, 0.717) is 5.25 Å². The third kappa shape index (κ3) is 6.60. The molecule has 0 amide bonds. The van der Waals surface area contributed by atoms with Crippen molar-refractivity contribution in [3.8, 4) is 0 Å². The Labute approximate surface area is 62.8 Å². The van der Waals surface area contributed by atoms with Crippen LogP contribution in [0.1, 0.15) is 19.8 Å². The number of thiol groups is 1. The molecule has 0 saturated heterocycles. The molecule has 0 aromatic rings. The Morgan fingerprint density at radius 1 is 1.62 bits per heavy atom. The zero-order valence-corrected chi connectivity index (χ0v) is 6.88. The van der Waals surface area contributed by atoms with Gasteiger partial charge >= 0.3 is 0 Å². The van der Waals surface area contributed by atoms with Crippen LogP contribution in [0.2, 0.25) is 0 Å². The third-order valence-corrected chi connectivity index (χ3v) is 1.47. The molecule has 0 aliphatic carbocycles. The van der Waals surface area contributed by atoms with Gasteiger partial charge in [0, 0.05) is 0 Å². The van der Waals surface area contributed by atoms with Gasteiger partial charge in [0.15, 0.2) is 0 Å². The molecule has 0 heterocycles. The molecular weight excluding hydrogens is 142 g/mol. The highest BCUT2D eigenvalue weighted by molar-refractivity contribution is 7.81. The van der Waals surface area contributed by atoms with Crippen molar-refractivity contribution >= 4 is 12.6 Å². The van der Waals surface area contributed by atoms with Gasteiger partial charge < -0.3 is 18.1 Å². The van der Waals surface area contributed by atoms with E-state index in [0.717, 1.165) is 6.54 Å². The SMILES string of the molecule is CCC[C@H](S)C[NH3+].[Cl-]. The molecule has 0 aromatic carbocycles. The molecule has 1 atom stereocenters. The Morgan fingerprint density at radius 3 is 2.25 bits per heavy atom. The topological polar surface area (TPSA) is 27.6 Å². The first-order chi connectivity index (χ1) is 3.31. The summed E-state index contributed by atoms with van der Waals surface area (Å²) in [4.78, 5) is 0. The predicted molar refractivity (Wildman–Crippen MR) is 35.4 cm³/mol. The molecule has 0 radical (unpaired) electrons. The van der Waals surface area contributed by atoms with Gasteiger partial charge in [0.05, 0.1) is 11.8 Å². The standard InChI is InChI=1S/C5H13NS.ClH/c1-2-3-5(7)4-6;/h5,7H,2-4,6H2,1H3;1H/t5-;/m0./s1. The average molecular weight is 156 g/mol. The summed E-state index contributed by atoms with van der Waals surface area (Å²) < 4.78 is 0. The van der Waals surface area contributed by atoms with Crippen molar-refractivity contribution in [1.82, 2.24) is 0 Å². The van der Waals surface area contributed by atoms with Crippen LogP contribution in [0.15, 0.2) is 0 Å². The fraction of sp³-hybridized carbons (Fsp3) is 1.00. The Kier molecular flexibility index (Phi) is 10.8. The van der Waals surface area contributed by atoms with Crippen LogP contribution in [0.5, 0.6) is 0 Å². The number of hydrogen-bond donors (Lipinski definition) is 2. The van der Waals surface area contributed by atoms with Gasteiger partial charge in [-0.3, -0.25) is 0 Å². The maximum Gasteiger partial charge on any atom is 0.0857 e. The van der Waals surface area contributed by atoms with Gasteiger partial charge in [0.2, 0.25) is 0 Å². The normalized spacial score (nSPS) is 12.4. The largest absolute Gasteiger partial charge is 1.00 e. The van der Waals surface area contributed by atoms with E-state index in [1.807, 2.05) is 0 Å². The van der Waals surface area contributed by atoms with E-state index in [9.17, 15) is 0 Å². The van der Waals surface area contributed by atoms with Crippen molar-refractivity contribution in [3.63, 3.8) is 0 Å². The van der Waals surface area contributed by atoms with E-state index in [1.165, 1.54) is 12.8 Å². The zero-order valence-electron chi connectivity index (χ0n) is 5.23. The molecule has 0 aromatic heterocycles. The highest BCUT2D eigenvalue weighted by Gasteiger charge is 1.96. The number of rotatable bonds is 3. The molecule has 52 valence electrons. The van der Waals surface area contributed by atoms with Crippen molar-refractivity contribution in [2.75, 3.05) is 6.54 Å². The Bertz CT molecular complexity index is 43.4. The van der Waals surface area contributed by atoms with Crippen LogP contribution >= 0.6 is 12.6 Å². The lowest BCUT2D eigenvalue weighted by Gasteiger charge is -1.99. The fourth-order valence-electron chi connectivity index (χ4n) is 0.478. The van der Waals surface area contributed by atoms with Gasteiger partial charge in [-0.2, -0.15) is 12.6 Å². The van der Waals surface area contributed by atoms with Gasteiger partial charge in [-0.15, -0.1) is 0 Å². The first kappa shape index (κ1) is 11.4. The lowest BCUT2D eigenvalue weighted by atomic mass is 10.2. The van der Waals surface area contributed by atoms with E-state index in [2.05, 4.69) is 25.3 Å². The molecule has 1 nitrogen and oxygen atoms in total.